The maximum absolute atomic E-state index is 13.6. The normalized spacial score (nSPS) is 12.6. The summed E-state index contributed by atoms with van der Waals surface area (Å²) >= 11 is 3.20. The molecular formula is C10H13BrFNO2. The van der Waals surface area contributed by atoms with Gasteiger partial charge in [0, 0.05) is 11.6 Å². The van der Waals surface area contributed by atoms with E-state index in [4.69, 9.17) is 10.5 Å². The van der Waals surface area contributed by atoms with Crippen LogP contribution in [0.5, 0.6) is 11.5 Å². The molecule has 1 aromatic rings. The van der Waals surface area contributed by atoms with Gasteiger partial charge in [-0.05, 0) is 28.4 Å². The molecule has 0 amide bonds. The first-order valence-electron chi connectivity index (χ1n) is 4.47. The van der Waals surface area contributed by atoms with Gasteiger partial charge in [0.15, 0.2) is 11.5 Å². The number of rotatable bonds is 3. The van der Waals surface area contributed by atoms with Crippen LogP contribution in [0.2, 0.25) is 0 Å². The second-order valence-corrected chi connectivity index (χ2v) is 4.07. The van der Waals surface area contributed by atoms with E-state index in [2.05, 4.69) is 15.9 Å². The molecule has 0 spiro atoms. The van der Waals surface area contributed by atoms with Gasteiger partial charge >= 0.3 is 0 Å². The average Bonchev–Trinajstić information content (AvgIpc) is 2.17. The minimum absolute atomic E-state index is 0.145. The Balaban J connectivity index is 3.38. The second-order valence-electron chi connectivity index (χ2n) is 3.28. The molecule has 1 rings (SSSR count). The molecule has 0 aliphatic carbocycles. The van der Waals surface area contributed by atoms with E-state index < -0.39 is 5.82 Å². The van der Waals surface area contributed by atoms with Crippen LogP contribution in [0, 0.1) is 5.82 Å². The Morgan fingerprint density at radius 1 is 1.67 bits per heavy atom. The molecular weight excluding hydrogens is 265 g/mol. The third-order valence-electron chi connectivity index (χ3n) is 2.24. The smallest absolute Gasteiger partial charge is 0.175 e. The molecule has 1 aromatic carbocycles. The summed E-state index contributed by atoms with van der Waals surface area (Å²) < 4.78 is 18.9. The number of halogens is 2. The molecule has 0 saturated carbocycles. The lowest BCUT2D eigenvalue weighted by molar-refractivity contribution is 0.366. The lowest BCUT2D eigenvalue weighted by atomic mass is 10.00. The number of aromatic hydroxyl groups is 1. The Kier molecular flexibility index (Phi) is 3.93. The monoisotopic (exact) mass is 277 g/mol. The van der Waals surface area contributed by atoms with Gasteiger partial charge in [0.05, 0.1) is 11.6 Å². The maximum atomic E-state index is 13.6. The molecule has 0 heterocycles. The van der Waals surface area contributed by atoms with Crippen LogP contribution < -0.4 is 10.5 Å². The first kappa shape index (κ1) is 12.3. The highest BCUT2D eigenvalue weighted by molar-refractivity contribution is 9.10. The maximum Gasteiger partial charge on any atom is 0.175 e. The number of nitrogens with two attached hydrogens (primary N) is 1. The first-order valence-corrected chi connectivity index (χ1v) is 5.27. The van der Waals surface area contributed by atoms with Crippen LogP contribution >= 0.6 is 15.9 Å². The van der Waals surface area contributed by atoms with E-state index in [1.54, 1.807) is 6.92 Å². The number of ether oxygens (including phenoxy) is 1. The largest absolute Gasteiger partial charge is 0.504 e. The van der Waals surface area contributed by atoms with Crippen LogP contribution in [0.15, 0.2) is 10.5 Å². The van der Waals surface area contributed by atoms with Gasteiger partial charge in [-0.15, -0.1) is 0 Å². The van der Waals surface area contributed by atoms with Crippen LogP contribution in [0.25, 0.3) is 0 Å². The molecule has 15 heavy (non-hydrogen) atoms. The molecule has 0 bridgehead atoms. The topological polar surface area (TPSA) is 55.5 Å². The summed E-state index contributed by atoms with van der Waals surface area (Å²) in [7, 11) is 1.41. The summed E-state index contributed by atoms with van der Waals surface area (Å²) in [5.74, 6) is -0.631. The molecule has 84 valence electrons. The zero-order valence-electron chi connectivity index (χ0n) is 8.55. The van der Waals surface area contributed by atoms with Crippen molar-refractivity contribution in [2.75, 3.05) is 13.7 Å². The summed E-state index contributed by atoms with van der Waals surface area (Å²) in [6.07, 6.45) is 0. The van der Waals surface area contributed by atoms with Crippen LogP contribution in [0.1, 0.15) is 18.4 Å². The molecule has 3 N–H and O–H groups in total. The Labute approximate surface area is 96.2 Å². The summed E-state index contributed by atoms with van der Waals surface area (Å²) in [5, 5.41) is 9.42. The van der Waals surface area contributed by atoms with E-state index in [1.165, 1.54) is 7.11 Å². The molecule has 1 atom stereocenters. The summed E-state index contributed by atoms with van der Waals surface area (Å²) in [6, 6.07) is 1.03. The van der Waals surface area contributed by atoms with Gasteiger partial charge < -0.3 is 15.6 Å². The van der Waals surface area contributed by atoms with Crippen molar-refractivity contribution < 1.29 is 14.2 Å². The minimum Gasteiger partial charge on any atom is -0.504 e. The molecule has 1 unspecified atom stereocenters. The zero-order chi connectivity index (χ0) is 11.6. The summed E-state index contributed by atoms with van der Waals surface area (Å²) in [6.45, 7) is 2.13. The predicted molar refractivity (Wildman–Crippen MR) is 59.8 cm³/mol. The lowest BCUT2D eigenvalue weighted by Gasteiger charge is -2.16. The molecule has 0 fully saturated rings. The van der Waals surface area contributed by atoms with Gasteiger partial charge in [0.1, 0.15) is 5.82 Å². The quantitative estimate of drug-likeness (QED) is 0.892. The van der Waals surface area contributed by atoms with E-state index in [-0.39, 0.29) is 17.4 Å². The van der Waals surface area contributed by atoms with E-state index >= 15 is 0 Å². The number of methoxy groups -OCH3 is 1. The Hall–Kier alpha value is -0.810. The fraction of sp³-hybridized carbons (Fsp3) is 0.400. The first-order chi connectivity index (χ1) is 7.02. The van der Waals surface area contributed by atoms with Crippen molar-refractivity contribution >= 4 is 15.9 Å². The minimum atomic E-state index is -0.488. The van der Waals surface area contributed by atoms with Gasteiger partial charge in [-0.3, -0.25) is 0 Å². The van der Waals surface area contributed by atoms with Crippen molar-refractivity contribution in [3.05, 3.63) is 21.9 Å². The fourth-order valence-corrected chi connectivity index (χ4v) is 2.31. The molecule has 0 saturated heterocycles. The summed E-state index contributed by atoms with van der Waals surface area (Å²) in [4.78, 5) is 0. The van der Waals surface area contributed by atoms with Crippen molar-refractivity contribution in [2.24, 2.45) is 5.73 Å². The third kappa shape index (κ3) is 2.23. The number of hydrogen-bond donors (Lipinski definition) is 2. The van der Waals surface area contributed by atoms with Crippen molar-refractivity contribution in [2.45, 2.75) is 12.8 Å². The van der Waals surface area contributed by atoms with Gasteiger partial charge in [0.2, 0.25) is 0 Å². The molecule has 3 nitrogen and oxygen atoms in total. The molecule has 0 aliphatic heterocycles. The zero-order valence-corrected chi connectivity index (χ0v) is 10.1. The highest BCUT2D eigenvalue weighted by atomic mass is 79.9. The SMILES string of the molecule is COc1c(O)cc(F)c(C(C)CN)c1Br. The number of phenols is 1. The van der Waals surface area contributed by atoms with Crippen molar-refractivity contribution in [3.8, 4) is 11.5 Å². The van der Waals surface area contributed by atoms with Crippen molar-refractivity contribution in [3.63, 3.8) is 0 Å². The van der Waals surface area contributed by atoms with E-state index in [0.29, 0.717) is 16.6 Å². The van der Waals surface area contributed by atoms with E-state index in [0.717, 1.165) is 6.07 Å². The number of phenolic OH excluding ortho intramolecular Hbond substituents is 1. The Morgan fingerprint density at radius 3 is 2.73 bits per heavy atom. The Morgan fingerprint density at radius 2 is 2.27 bits per heavy atom. The second kappa shape index (κ2) is 4.81. The highest BCUT2D eigenvalue weighted by Crippen LogP contribution is 2.41. The fourth-order valence-electron chi connectivity index (χ4n) is 1.37. The number of benzene rings is 1. The number of hydrogen-bond acceptors (Lipinski definition) is 3. The lowest BCUT2D eigenvalue weighted by Crippen LogP contribution is -2.11. The van der Waals surface area contributed by atoms with Crippen molar-refractivity contribution in [1.29, 1.82) is 0 Å². The molecule has 5 heteroatoms. The van der Waals surface area contributed by atoms with Crippen LogP contribution in [-0.2, 0) is 0 Å². The molecule has 0 aromatic heterocycles. The van der Waals surface area contributed by atoms with Gasteiger partial charge in [0.25, 0.3) is 0 Å². The van der Waals surface area contributed by atoms with Gasteiger partial charge in [-0.25, -0.2) is 4.39 Å². The van der Waals surface area contributed by atoms with E-state index in [1.807, 2.05) is 0 Å². The Bertz CT molecular complexity index is 371. The summed E-state index contributed by atoms with van der Waals surface area (Å²) in [5.41, 5.74) is 5.90. The van der Waals surface area contributed by atoms with Crippen LogP contribution in [-0.4, -0.2) is 18.8 Å². The van der Waals surface area contributed by atoms with Crippen LogP contribution in [0.3, 0.4) is 0 Å². The molecule has 0 radical (unpaired) electrons. The van der Waals surface area contributed by atoms with Gasteiger partial charge in [-0.2, -0.15) is 0 Å². The molecule has 0 aliphatic rings. The van der Waals surface area contributed by atoms with Crippen molar-refractivity contribution in [1.82, 2.24) is 0 Å². The standard InChI is InChI=1S/C10H13BrFNO2/c1-5(4-13)8-6(12)3-7(14)10(15-2)9(8)11/h3,5,14H,4,13H2,1-2H3. The van der Waals surface area contributed by atoms with Gasteiger partial charge in [-0.1, -0.05) is 6.92 Å². The third-order valence-corrected chi connectivity index (χ3v) is 3.03. The average molecular weight is 278 g/mol. The van der Waals surface area contributed by atoms with E-state index in [9.17, 15) is 9.50 Å². The predicted octanol–water partition coefficient (Wildman–Crippen LogP) is 2.36. The van der Waals surface area contributed by atoms with Crippen LogP contribution in [0.4, 0.5) is 4.39 Å². The highest BCUT2D eigenvalue weighted by Gasteiger charge is 2.20.